The maximum atomic E-state index is 6.15. The minimum atomic E-state index is -0.0471. The molecule has 7 nitrogen and oxygen atoms in total. The van der Waals surface area contributed by atoms with Crippen molar-refractivity contribution in [2.24, 2.45) is 0 Å². The summed E-state index contributed by atoms with van der Waals surface area (Å²) in [4.78, 5) is 13.2. The van der Waals surface area contributed by atoms with E-state index in [9.17, 15) is 0 Å². The largest absolute Gasteiger partial charge is 0.497 e. The van der Waals surface area contributed by atoms with Gasteiger partial charge in [-0.05, 0) is 48.6 Å². The van der Waals surface area contributed by atoms with E-state index in [2.05, 4.69) is 20.3 Å². The predicted octanol–water partition coefficient (Wildman–Crippen LogP) is 3.80. The van der Waals surface area contributed by atoms with E-state index in [0.717, 1.165) is 37.2 Å². The summed E-state index contributed by atoms with van der Waals surface area (Å²) in [6.45, 7) is 1.35. The lowest BCUT2D eigenvalue weighted by atomic mass is 10.2. The number of anilines is 1. The van der Waals surface area contributed by atoms with E-state index in [1.54, 1.807) is 13.4 Å². The normalized spacial score (nSPS) is 17.4. The molecule has 0 radical (unpaired) electrons. The molecule has 1 aliphatic rings. The molecule has 136 valence electrons. The van der Waals surface area contributed by atoms with Crippen LogP contribution in [0.1, 0.15) is 31.1 Å². The lowest BCUT2D eigenvalue weighted by Gasteiger charge is -2.23. The molecule has 8 heteroatoms. The smallest absolute Gasteiger partial charge is 0.226 e. The third-order valence-corrected chi connectivity index (χ3v) is 4.65. The molecule has 26 heavy (non-hydrogen) atoms. The number of hydrogen-bond acceptors (Lipinski definition) is 6. The first-order chi connectivity index (χ1) is 12.7. The second-order valence-electron chi connectivity index (χ2n) is 6.19. The number of imidazole rings is 1. The second-order valence-corrected chi connectivity index (χ2v) is 6.53. The Hall–Kier alpha value is -2.38. The Bertz CT molecular complexity index is 890. The summed E-state index contributed by atoms with van der Waals surface area (Å²) in [7, 11) is 1.65. The zero-order valence-electron chi connectivity index (χ0n) is 14.5. The first-order valence-electron chi connectivity index (χ1n) is 8.63. The number of benzene rings is 1. The summed E-state index contributed by atoms with van der Waals surface area (Å²) in [6, 6.07) is 7.85. The molecule has 1 atom stereocenters. The van der Waals surface area contributed by atoms with Gasteiger partial charge in [0.2, 0.25) is 5.28 Å². The van der Waals surface area contributed by atoms with Crippen molar-refractivity contribution in [3.8, 4) is 5.75 Å². The molecule has 0 aliphatic carbocycles. The number of ether oxygens (including phenoxy) is 2. The number of methoxy groups -OCH3 is 1. The third-order valence-electron chi connectivity index (χ3n) is 4.48. The predicted molar refractivity (Wildman–Crippen MR) is 99.5 cm³/mol. The SMILES string of the molecule is COc1ccc(CNc2nc(Cl)nc3c2ncn3C2CCCCO2)cc1. The molecule has 0 bridgehead atoms. The van der Waals surface area contributed by atoms with E-state index in [4.69, 9.17) is 21.1 Å². The molecule has 1 N–H and O–H groups in total. The van der Waals surface area contributed by atoms with Gasteiger partial charge in [-0.1, -0.05) is 12.1 Å². The van der Waals surface area contributed by atoms with Crippen molar-refractivity contribution in [1.82, 2.24) is 19.5 Å². The van der Waals surface area contributed by atoms with Crippen molar-refractivity contribution >= 4 is 28.6 Å². The van der Waals surface area contributed by atoms with Gasteiger partial charge in [-0.15, -0.1) is 0 Å². The van der Waals surface area contributed by atoms with Crippen LogP contribution in [0.25, 0.3) is 11.2 Å². The molecule has 0 saturated carbocycles. The third kappa shape index (κ3) is 3.45. The maximum Gasteiger partial charge on any atom is 0.226 e. The van der Waals surface area contributed by atoms with Crippen LogP contribution >= 0.6 is 11.6 Å². The Morgan fingerprint density at radius 2 is 2.12 bits per heavy atom. The van der Waals surface area contributed by atoms with Gasteiger partial charge < -0.3 is 14.8 Å². The number of hydrogen-bond donors (Lipinski definition) is 1. The Labute approximate surface area is 156 Å². The molecule has 1 aliphatic heterocycles. The van der Waals surface area contributed by atoms with Gasteiger partial charge in [-0.3, -0.25) is 4.57 Å². The van der Waals surface area contributed by atoms with E-state index in [1.165, 1.54) is 0 Å². The van der Waals surface area contributed by atoms with Crippen molar-refractivity contribution in [3.63, 3.8) is 0 Å². The number of halogens is 1. The van der Waals surface area contributed by atoms with Gasteiger partial charge in [0.05, 0.1) is 13.4 Å². The fourth-order valence-corrected chi connectivity index (χ4v) is 3.26. The number of nitrogens with one attached hydrogen (secondary N) is 1. The monoisotopic (exact) mass is 373 g/mol. The van der Waals surface area contributed by atoms with Gasteiger partial charge >= 0.3 is 0 Å². The number of rotatable bonds is 5. The molecule has 4 rings (SSSR count). The Morgan fingerprint density at radius 1 is 1.27 bits per heavy atom. The van der Waals surface area contributed by atoms with E-state index >= 15 is 0 Å². The van der Waals surface area contributed by atoms with Crippen molar-refractivity contribution in [3.05, 3.63) is 41.4 Å². The van der Waals surface area contributed by atoms with Gasteiger partial charge in [0, 0.05) is 13.2 Å². The summed E-state index contributed by atoms with van der Waals surface area (Å²) in [6.07, 6.45) is 4.87. The summed E-state index contributed by atoms with van der Waals surface area (Å²) in [5, 5.41) is 3.49. The highest BCUT2D eigenvalue weighted by atomic mass is 35.5. The van der Waals surface area contributed by atoms with Crippen LogP contribution in [-0.2, 0) is 11.3 Å². The number of nitrogens with zero attached hydrogens (tertiary/aromatic N) is 4. The molecule has 1 fully saturated rings. The van der Waals surface area contributed by atoms with E-state index in [1.807, 2.05) is 28.8 Å². The summed E-state index contributed by atoms with van der Waals surface area (Å²) < 4.78 is 13.0. The fourth-order valence-electron chi connectivity index (χ4n) is 3.10. The van der Waals surface area contributed by atoms with Gasteiger partial charge in [0.1, 0.15) is 12.0 Å². The van der Waals surface area contributed by atoms with E-state index in [0.29, 0.717) is 23.5 Å². The standard InChI is InChI=1S/C18H20ClN5O2/c1-25-13-7-5-12(6-8-13)10-20-16-15-17(23-18(19)22-16)24(11-21-15)14-4-2-3-9-26-14/h5-8,11,14H,2-4,9-10H2,1H3,(H,20,22,23). The molecular weight excluding hydrogens is 354 g/mol. The molecule has 2 aromatic heterocycles. The topological polar surface area (TPSA) is 74.1 Å². The number of aromatic nitrogens is 4. The van der Waals surface area contributed by atoms with Crippen molar-refractivity contribution < 1.29 is 9.47 Å². The maximum absolute atomic E-state index is 6.15. The highest BCUT2D eigenvalue weighted by Gasteiger charge is 2.21. The summed E-state index contributed by atoms with van der Waals surface area (Å²) in [5.41, 5.74) is 2.48. The first-order valence-corrected chi connectivity index (χ1v) is 9.01. The lowest BCUT2D eigenvalue weighted by Crippen LogP contribution is -2.17. The minimum Gasteiger partial charge on any atom is -0.497 e. The molecule has 0 spiro atoms. The van der Waals surface area contributed by atoms with Crippen LogP contribution in [0.3, 0.4) is 0 Å². The molecule has 0 amide bonds. The zero-order chi connectivity index (χ0) is 17.9. The average molecular weight is 374 g/mol. The van der Waals surface area contributed by atoms with Crippen LogP contribution in [-0.4, -0.2) is 33.2 Å². The lowest BCUT2D eigenvalue weighted by molar-refractivity contribution is -0.0298. The van der Waals surface area contributed by atoms with Crippen LogP contribution in [0.5, 0.6) is 5.75 Å². The molecule has 1 saturated heterocycles. The van der Waals surface area contributed by atoms with Crippen LogP contribution in [0.15, 0.2) is 30.6 Å². The van der Waals surface area contributed by atoms with E-state index < -0.39 is 0 Å². The van der Waals surface area contributed by atoms with Crippen LogP contribution < -0.4 is 10.1 Å². The Kier molecular flexibility index (Phi) is 4.90. The second kappa shape index (κ2) is 7.47. The van der Waals surface area contributed by atoms with Crippen molar-refractivity contribution in [2.75, 3.05) is 19.0 Å². The highest BCUT2D eigenvalue weighted by molar-refractivity contribution is 6.28. The average Bonchev–Trinajstić information content (AvgIpc) is 3.11. The molecule has 3 heterocycles. The Balaban J connectivity index is 1.59. The zero-order valence-corrected chi connectivity index (χ0v) is 15.2. The quantitative estimate of drug-likeness (QED) is 0.686. The highest BCUT2D eigenvalue weighted by Crippen LogP contribution is 2.28. The van der Waals surface area contributed by atoms with Crippen molar-refractivity contribution in [2.45, 2.75) is 32.0 Å². The van der Waals surface area contributed by atoms with Gasteiger partial charge in [-0.2, -0.15) is 9.97 Å². The number of fused-ring (bicyclic) bond motifs is 1. The summed E-state index contributed by atoms with van der Waals surface area (Å²) in [5.74, 6) is 1.44. The van der Waals surface area contributed by atoms with Gasteiger partial charge in [0.15, 0.2) is 17.0 Å². The van der Waals surface area contributed by atoms with Crippen LogP contribution in [0, 0.1) is 0 Å². The van der Waals surface area contributed by atoms with Gasteiger partial charge in [-0.25, -0.2) is 4.98 Å². The minimum absolute atomic E-state index is 0.0471. The summed E-state index contributed by atoms with van der Waals surface area (Å²) >= 11 is 6.15. The van der Waals surface area contributed by atoms with Crippen LogP contribution in [0.2, 0.25) is 5.28 Å². The molecular formula is C18H20ClN5O2. The first kappa shape index (κ1) is 17.1. The Morgan fingerprint density at radius 3 is 2.85 bits per heavy atom. The van der Waals surface area contributed by atoms with E-state index in [-0.39, 0.29) is 11.5 Å². The molecule has 3 aromatic rings. The molecule has 1 aromatic carbocycles. The van der Waals surface area contributed by atoms with Gasteiger partial charge in [0.25, 0.3) is 0 Å². The fraction of sp³-hybridized carbons (Fsp3) is 0.389. The molecule has 1 unspecified atom stereocenters. The van der Waals surface area contributed by atoms with Crippen LogP contribution in [0.4, 0.5) is 5.82 Å². The van der Waals surface area contributed by atoms with Crippen molar-refractivity contribution in [1.29, 1.82) is 0 Å².